The van der Waals surface area contributed by atoms with Crippen molar-refractivity contribution in [1.29, 1.82) is 0 Å². The molecule has 0 aromatic heterocycles. The number of nitrogens with one attached hydrogen (secondary N) is 2. The first-order valence-corrected chi connectivity index (χ1v) is 14.8. The van der Waals surface area contributed by atoms with Gasteiger partial charge in [0.1, 0.15) is 30.4 Å². The average molecular weight is 613 g/mol. The van der Waals surface area contributed by atoms with Gasteiger partial charge in [-0.15, -0.1) is 0 Å². The van der Waals surface area contributed by atoms with E-state index in [1.165, 1.54) is 27.5 Å². The van der Waals surface area contributed by atoms with Crippen LogP contribution in [0, 0.1) is 5.82 Å². The lowest BCUT2D eigenvalue weighted by atomic mass is 10.1. The molecule has 234 valence electrons. The third-order valence-electron chi connectivity index (χ3n) is 7.08. The van der Waals surface area contributed by atoms with Crippen LogP contribution in [0.3, 0.4) is 0 Å². The van der Waals surface area contributed by atoms with Crippen molar-refractivity contribution < 1.29 is 28.7 Å². The van der Waals surface area contributed by atoms with Crippen LogP contribution in [-0.2, 0) is 22.4 Å². The van der Waals surface area contributed by atoms with Gasteiger partial charge in [-0.3, -0.25) is 14.8 Å². The summed E-state index contributed by atoms with van der Waals surface area (Å²) in [7, 11) is 0. The molecule has 4 aromatic rings. The molecule has 0 fully saturated rings. The number of nitrogens with zero attached hydrogens (tertiary/aromatic N) is 2. The van der Waals surface area contributed by atoms with Gasteiger partial charge in [0.15, 0.2) is 0 Å². The van der Waals surface area contributed by atoms with E-state index in [4.69, 9.17) is 9.94 Å². The minimum Gasteiger partial charge on any atom is -0.457 e. The Hall–Kier alpha value is -5.22. The summed E-state index contributed by atoms with van der Waals surface area (Å²) in [4.78, 5) is 41.7. The monoisotopic (exact) mass is 612 g/mol. The molecule has 4 aromatic carbocycles. The summed E-state index contributed by atoms with van der Waals surface area (Å²) in [5.74, 6) is -0.317. The van der Waals surface area contributed by atoms with Gasteiger partial charge in [-0.2, -0.15) is 0 Å². The van der Waals surface area contributed by atoms with Crippen molar-refractivity contribution in [2.45, 2.75) is 25.7 Å². The highest BCUT2D eigenvalue weighted by Crippen LogP contribution is 2.23. The van der Waals surface area contributed by atoms with Crippen molar-refractivity contribution in [3.05, 3.63) is 126 Å². The first-order chi connectivity index (χ1) is 21.9. The molecule has 0 spiro atoms. The predicted molar refractivity (Wildman–Crippen MR) is 170 cm³/mol. The topological polar surface area (TPSA) is 111 Å². The van der Waals surface area contributed by atoms with Crippen molar-refractivity contribution in [2.75, 3.05) is 31.5 Å². The summed E-state index contributed by atoms with van der Waals surface area (Å²) in [6.45, 7) is -0.251. The zero-order valence-corrected chi connectivity index (χ0v) is 24.9. The van der Waals surface area contributed by atoms with E-state index in [2.05, 4.69) is 5.32 Å². The largest absolute Gasteiger partial charge is 0.457 e. The Morgan fingerprint density at radius 2 is 1.29 bits per heavy atom. The second-order valence-corrected chi connectivity index (χ2v) is 10.5. The van der Waals surface area contributed by atoms with Crippen molar-refractivity contribution in [1.82, 2.24) is 15.3 Å². The van der Waals surface area contributed by atoms with Crippen molar-refractivity contribution in [2.24, 2.45) is 0 Å². The van der Waals surface area contributed by atoms with Crippen molar-refractivity contribution in [3.63, 3.8) is 0 Å². The van der Waals surface area contributed by atoms with Gasteiger partial charge in [0.25, 0.3) is 5.91 Å². The van der Waals surface area contributed by atoms with Crippen LogP contribution in [0.1, 0.15) is 24.0 Å². The molecule has 0 aliphatic heterocycles. The number of urea groups is 1. The second kappa shape index (κ2) is 17.2. The molecular weight excluding hydrogens is 575 g/mol. The van der Waals surface area contributed by atoms with Crippen molar-refractivity contribution >= 4 is 23.5 Å². The minimum atomic E-state index is -0.765. The molecule has 4 amide bonds. The third kappa shape index (κ3) is 11.1. The Kier molecular flexibility index (Phi) is 12.5. The van der Waals surface area contributed by atoms with Crippen molar-refractivity contribution in [3.8, 4) is 11.5 Å². The highest BCUT2D eigenvalue weighted by molar-refractivity contribution is 5.93. The molecule has 0 saturated carbocycles. The first-order valence-electron chi connectivity index (χ1n) is 14.8. The SMILES string of the molecule is O=C(CN(CCc1ccc(F)cc1)C(=O)CN(CCCCc1ccccc1)C(=O)Nc1ccc(Oc2ccccc2)cc1)NO. The van der Waals surface area contributed by atoms with Crippen LogP contribution >= 0.6 is 0 Å². The van der Waals surface area contributed by atoms with Gasteiger partial charge in [-0.25, -0.2) is 14.7 Å². The van der Waals surface area contributed by atoms with Gasteiger partial charge >= 0.3 is 6.03 Å². The lowest BCUT2D eigenvalue weighted by Gasteiger charge is -2.27. The fourth-order valence-electron chi connectivity index (χ4n) is 4.64. The number of aryl methyl sites for hydroxylation is 1. The van der Waals surface area contributed by atoms with Crippen LogP contribution in [0.15, 0.2) is 109 Å². The van der Waals surface area contributed by atoms with Crippen LogP contribution in [0.5, 0.6) is 11.5 Å². The van der Waals surface area contributed by atoms with E-state index in [9.17, 15) is 18.8 Å². The number of hydrogen-bond acceptors (Lipinski definition) is 5. The molecular formula is C35H37FN4O5. The fraction of sp³-hybridized carbons (Fsp3) is 0.229. The molecule has 4 rings (SSSR count). The molecule has 0 aliphatic rings. The molecule has 0 unspecified atom stereocenters. The molecule has 0 radical (unpaired) electrons. The number of rotatable bonds is 15. The molecule has 0 heterocycles. The zero-order valence-electron chi connectivity index (χ0n) is 24.9. The quantitative estimate of drug-likeness (QED) is 0.0860. The molecule has 9 nitrogen and oxygen atoms in total. The maximum Gasteiger partial charge on any atom is 0.322 e. The number of anilines is 1. The number of carbonyl (C=O) groups is 3. The maximum atomic E-state index is 13.5. The van der Waals surface area contributed by atoms with Gasteiger partial charge in [-0.1, -0.05) is 60.7 Å². The highest BCUT2D eigenvalue weighted by atomic mass is 19.1. The normalized spacial score (nSPS) is 10.5. The number of unbranched alkanes of at least 4 members (excludes halogenated alkanes) is 1. The van der Waals surface area contributed by atoms with Gasteiger partial charge in [0.05, 0.1) is 0 Å². The Balaban J connectivity index is 1.42. The van der Waals surface area contributed by atoms with Crippen LogP contribution in [0.2, 0.25) is 0 Å². The molecule has 3 N–H and O–H groups in total. The molecule has 0 atom stereocenters. The summed E-state index contributed by atoms with van der Waals surface area (Å²) < 4.78 is 19.2. The number of para-hydroxylation sites is 1. The lowest BCUT2D eigenvalue weighted by molar-refractivity contribution is -0.139. The van der Waals surface area contributed by atoms with Gasteiger partial charge in [0.2, 0.25) is 5.91 Å². The number of amides is 4. The maximum absolute atomic E-state index is 13.5. The summed E-state index contributed by atoms with van der Waals surface area (Å²) >= 11 is 0. The van der Waals surface area contributed by atoms with Gasteiger partial charge in [-0.05, 0) is 85.3 Å². The van der Waals surface area contributed by atoms with Crippen LogP contribution in [-0.4, -0.2) is 59.0 Å². The number of benzene rings is 4. The van der Waals surface area contributed by atoms with Gasteiger partial charge < -0.3 is 19.9 Å². The van der Waals surface area contributed by atoms with E-state index in [1.807, 2.05) is 60.7 Å². The highest BCUT2D eigenvalue weighted by Gasteiger charge is 2.23. The third-order valence-corrected chi connectivity index (χ3v) is 7.08. The molecule has 45 heavy (non-hydrogen) atoms. The standard InChI is InChI=1S/C35H37FN4O5/c36-29-16-14-28(15-17-29)22-24-39(25-33(41)38-44)34(42)26-40(23-8-7-11-27-9-3-1-4-10-27)35(43)37-30-18-20-32(21-19-30)45-31-12-5-2-6-13-31/h1-6,9-10,12-21,44H,7-8,11,22-26H2,(H,37,43)(H,38,41). The number of hydrogen-bond donors (Lipinski definition) is 3. The Bertz CT molecular complexity index is 1500. The fourth-order valence-corrected chi connectivity index (χ4v) is 4.64. The van der Waals surface area contributed by atoms with E-state index in [-0.39, 0.29) is 18.9 Å². The summed E-state index contributed by atoms with van der Waals surface area (Å²) in [6, 6.07) is 31.6. The lowest BCUT2D eigenvalue weighted by Crippen LogP contribution is -2.48. The zero-order chi connectivity index (χ0) is 31.9. The summed E-state index contributed by atoms with van der Waals surface area (Å²) in [6.07, 6.45) is 2.62. The van der Waals surface area contributed by atoms with Crippen LogP contribution < -0.4 is 15.5 Å². The molecule has 0 aliphatic carbocycles. The Labute approximate surface area is 262 Å². The minimum absolute atomic E-state index is 0.129. The van der Waals surface area contributed by atoms with Crippen LogP contribution in [0.25, 0.3) is 0 Å². The smallest absolute Gasteiger partial charge is 0.322 e. The number of ether oxygens (including phenoxy) is 1. The first kappa shape index (κ1) is 32.7. The molecule has 0 bridgehead atoms. The van der Waals surface area contributed by atoms with E-state index in [0.717, 1.165) is 18.4 Å². The van der Waals surface area contributed by atoms with E-state index >= 15 is 0 Å². The van der Waals surface area contributed by atoms with E-state index < -0.39 is 24.4 Å². The average Bonchev–Trinajstić information content (AvgIpc) is 3.06. The Morgan fingerprint density at radius 1 is 0.667 bits per heavy atom. The molecule has 0 saturated heterocycles. The second-order valence-electron chi connectivity index (χ2n) is 10.5. The number of halogens is 1. The number of hydroxylamine groups is 1. The van der Waals surface area contributed by atoms with Gasteiger partial charge in [0, 0.05) is 18.8 Å². The summed E-state index contributed by atoms with van der Waals surface area (Å²) in [5.41, 5.74) is 4.04. The Morgan fingerprint density at radius 3 is 1.96 bits per heavy atom. The van der Waals surface area contributed by atoms with E-state index in [1.54, 1.807) is 41.9 Å². The number of carbonyl (C=O) groups excluding carboxylic acids is 3. The predicted octanol–water partition coefficient (Wildman–Crippen LogP) is 6.05. The van der Waals surface area contributed by atoms with E-state index in [0.29, 0.717) is 36.6 Å². The van der Waals surface area contributed by atoms with Crippen LogP contribution in [0.4, 0.5) is 14.9 Å². The summed E-state index contributed by atoms with van der Waals surface area (Å²) in [5, 5.41) is 11.9. The molecule has 10 heteroatoms.